The van der Waals surface area contributed by atoms with Crippen LogP contribution >= 0.6 is 0 Å². The number of nitrogens with one attached hydrogen (secondary N) is 2. The number of hydrogen-bond acceptors (Lipinski definition) is 3. The average molecular weight is 291 g/mol. The number of nitrogens with two attached hydrogens (primary N) is 1. The molecule has 0 heterocycles. The van der Waals surface area contributed by atoms with Crippen LogP contribution in [0.2, 0.25) is 0 Å². The van der Waals surface area contributed by atoms with E-state index in [-0.39, 0.29) is 17.7 Å². The topological polar surface area (TPSA) is 84.2 Å². The van der Waals surface area contributed by atoms with Crippen molar-refractivity contribution in [2.75, 3.05) is 17.2 Å². The van der Waals surface area contributed by atoms with E-state index in [1.807, 2.05) is 20.8 Å². The zero-order chi connectivity index (χ0) is 15.8. The number of anilines is 2. The third kappa shape index (κ3) is 6.90. The second kappa shape index (κ2) is 8.42. The molecule has 0 spiro atoms. The van der Waals surface area contributed by atoms with Gasteiger partial charge in [0.15, 0.2) is 0 Å². The molecule has 0 saturated heterocycles. The van der Waals surface area contributed by atoms with Gasteiger partial charge in [-0.1, -0.05) is 20.8 Å². The zero-order valence-corrected chi connectivity index (χ0v) is 13.0. The van der Waals surface area contributed by atoms with Gasteiger partial charge in [-0.2, -0.15) is 0 Å². The second-order valence-electron chi connectivity index (χ2n) is 5.82. The summed E-state index contributed by atoms with van der Waals surface area (Å²) >= 11 is 0. The van der Waals surface area contributed by atoms with Gasteiger partial charge in [0, 0.05) is 24.2 Å². The van der Waals surface area contributed by atoms with Crippen molar-refractivity contribution in [3.8, 4) is 0 Å². The number of carbonyl (C=O) groups excluding carboxylic acids is 2. The first-order chi connectivity index (χ1) is 9.90. The molecule has 1 aromatic carbocycles. The standard InChI is InChI=1S/C16H25N3O2/c1-11(2)8-15(20)18-13-4-6-14(7-5-13)19-16(21)9-12(3)10-17/h4-7,11-12H,8-10,17H2,1-3H3,(H,18,20)(H,19,21). The molecule has 5 heteroatoms. The fourth-order valence-corrected chi connectivity index (χ4v) is 1.83. The van der Waals surface area contributed by atoms with Gasteiger partial charge in [-0.3, -0.25) is 9.59 Å². The van der Waals surface area contributed by atoms with Crippen molar-refractivity contribution in [1.82, 2.24) is 0 Å². The molecule has 2 amide bonds. The van der Waals surface area contributed by atoms with E-state index in [4.69, 9.17) is 5.73 Å². The van der Waals surface area contributed by atoms with Crippen molar-refractivity contribution >= 4 is 23.2 Å². The van der Waals surface area contributed by atoms with Crippen molar-refractivity contribution in [2.45, 2.75) is 33.6 Å². The van der Waals surface area contributed by atoms with Crippen LogP contribution in [-0.2, 0) is 9.59 Å². The van der Waals surface area contributed by atoms with Crippen LogP contribution in [0.25, 0.3) is 0 Å². The van der Waals surface area contributed by atoms with Crippen molar-refractivity contribution in [3.63, 3.8) is 0 Å². The van der Waals surface area contributed by atoms with Crippen LogP contribution in [0, 0.1) is 11.8 Å². The summed E-state index contributed by atoms with van der Waals surface area (Å²) in [5.41, 5.74) is 6.94. The molecule has 5 nitrogen and oxygen atoms in total. The second-order valence-corrected chi connectivity index (χ2v) is 5.82. The first-order valence-corrected chi connectivity index (χ1v) is 7.30. The van der Waals surface area contributed by atoms with Crippen molar-refractivity contribution < 1.29 is 9.59 Å². The Labute approximate surface area is 126 Å². The lowest BCUT2D eigenvalue weighted by atomic mass is 10.1. The molecule has 0 aliphatic carbocycles. The van der Waals surface area contributed by atoms with Gasteiger partial charge in [-0.25, -0.2) is 0 Å². The number of benzene rings is 1. The Morgan fingerprint density at radius 2 is 1.38 bits per heavy atom. The van der Waals surface area contributed by atoms with Gasteiger partial charge in [0.2, 0.25) is 11.8 Å². The van der Waals surface area contributed by atoms with E-state index in [1.165, 1.54) is 0 Å². The highest BCUT2D eigenvalue weighted by Gasteiger charge is 2.08. The SMILES string of the molecule is CC(C)CC(=O)Nc1ccc(NC(=O)CC(C)CN)cc1. The molecule has 0 aliphatic rings. The van der Waals surface area contributed by atoms with Gasteiger partial charge in [-0.05, 0) is 42.6 Å². The van der Waals surface area contributed by atoms with Crippen LogP contribution in [0.15, 0.2) is 24.3 Å². The molecule has 0 bridgehead atoms. The summed E-state index contributed by atoms with van der Waals surface area (Å²) in [4.78, 5) is 23.4. The molecule has 1 aromatic rings. The van der Waals surface area contributed by atoms with Crippen molar-refractivity contribution in [2.24, 2.45) is 17.6 Å². The lowest BCUT2D eigenvalue weighted by Gasteiger charge is -2.10. The lowest BCUT2D eigenvalue weighted by molar-refractivity contribution is -0.117. The quantitative estimate of drug-likeness (QED) is 0.722. The predicted octanol–water partition coefficient (Wildman–Crippen LogP) is 2.59. The summed E-state index contributed by atoms with van der Waals surface area (Å²) < 4.78 is 0. The maximum atomic E-state index is 11.7. The Hall–Kier alpha value is -1.88. The van der Waals surface area contributed by atoms with E-state index in [0.29, 0.717) is 31.0 Å². The third-order valence-corrected chi connectivity index (χ3v) is 2.98. The van der Waals surface area contributed by atoms with E-state index in [0.717, 1.165) is 5.69 Å². The number of amides is 2. The van der Waals surface area contributed by atoms with E-state index < -0.39 is 0 Å². The van der Waals surface area contributed by atoms with Crippen LogP contribution in [0.3, 0.4) is 0 Å². The maximum Gasteiger partial charge on any atom is 0.224 e. The fraction of sp³-hybridized carbons (Fsp3) is 0.500. The van der Waals surface area contributed by atoms with Crippen LogP contribution in [0.4, 0.5) is 11.4 Å². The predicted molar refractivity (Wildman–Crippen MR) is 86.0 cm³/mol. The van der Waals surface area contributed by atoms with Gasteiger partial charge < -0.3 is 16.4 Å². The Morgan fingerprint density at radius 1 is 0.952 bits per heavy atom. The fourth-order valence-electron chi connectivity index (χ4n) is 1.83. The van der Waals surface area contributed by atoms with Crippen LogP contribution < -0.4 is 16.4 Å². The molecular weight excluding hydrogens is 266 g/mol. The summed E-state index contributed by atoms with van der Waals surface area (Å²) in [6.45, 7) is 6.43. The van der Waals surface area contributed by atoms with E-state index >= 15 is 0 Å². The van der Waals surface area contributed by atoms with E-state index in [9.17, 15) is 9.59 Å². The highest BCUT2D eigenvalue weighted by molar-refractivity contribution is 5.93. The maximum absolute atomic E-state index is 11.7. The van der Waals surface area contributed by atoms with Gasteiger partial charge in [0.25, 0.3) is 0 Å². The number of hydrogen-bond donors (Lipinski definition) is 3. The molecule has 0 fully saturated rings. The minimum absolute atomic E-state index is 0.00134. The first kappa shape index (κ1) is 17.2. The molecule has 1 atom stereocenters. The Bertz CT molecular complexity index is 469. The molecule has 1 rings (SSSR count). The monoisotopic (exact) mass is 291 g/mol. The highest BCUT2D eigenvalue weighted by atomic mass is 16.2. The molecular formula is C16H25N3O2. The lowest BCUT2D eigenvalue weighted by Crippen LogP contribution is -2.20. The summed E-state index contributed by atoms with van der Waals surface area (Å²) in [6.07, 6.45) is 0.902. The van der Waals surface area contributed by atoms with Crippen molar-refractivity contribution in [3.05, 3.63) is 24.3 Å². The Kier molecular flexibility index (Phi) is 6.88. The third-order valence-electron chi connectivity index (χ3n) is 2.98. The molecule has 0 radical (unpaired) electrons. The normalized spacial score (nSPS) is 12.0. The molecule has 0 saturated carbocycles. The molecule has 4 N–H and O–H groups in total. The van der Waals surface area contributed by atoms with Crippen LogP contribution in [-0.4, -0.2) is 18.4 Å². The minimum Gasteiger partial charge on any atom is -0.330 e. The zero-order valence-electron chi connectivity index (χ0n) is 13.0. The molecule has 1 unspecified atom stereocenters. The average Bonchev–Trinajstić information content (AvgIpc) is 2.39. The minimum atomic E-state index is -0.0513. The Balaban J connectivity index is 2.50. The van der Waals surface area contributed by atoms with Crippen LogP contribution in [0.1, 0.15) is 33.6 Å². The largest absolute Gasteiger partial charge is 0.330 e. The van der Waals surface area contributed by atoms with E-state index in [2.05, 4.69) is 10.6 Å². The van der Waals surface area contributed by atoms with Gasteiger partial charge in [0.1, 0.15) is 0 Å². The molecule has 21 heavy (non-hydrogen) atoms. The first-order valence-electron chi connectivity index (χ1n) is 7.30. The highest BCUT2D eigenvalue weighted by Crippen LogP contribution is 2.15. The van der Waals surface area contributed by atoms with Crippen molar-refractivity contribution in [1.29, 1.82) is 0 Å². The molecule has 0 aromatic heterocycles. The summed E-state index contributed by atoms with van der Waals surface area (Å²) in [5, 5.41) is 5.64. The van der Waals surface area contributed by atoms with Gasteiger partial charge in [-0.15, -0.1) is 0 Å². The number of carbonyl (C=O) groups is 2. The van der Waals surface area contributed by atoms with Gasteiger partial charge >= 0.3 is 0 Å². The smallest absolute Gasteiger partial charge is 0.224 e. The molecule has 0 aliphatic heterocycles. The van der Waals surface area contributed by atoms with Crippen LogP contribution in [0.5, 0.6) is 0 Å². The number of rotatable bonds is 7. The van der Waals surface area contributed by atoms with E-state index in [1.54, 1.807) is 24.3 Å². The summed E-state index contributed by atoms with van der Waals surface area (Å²) in [7, 11) is 0. The molecule has 116 valence electrons. The summed E-state index contributed by atoms with van der Waals surface area (Å²) in [5.74, 6) is 0.441. The van der Waals surface area contributed by atoms with Gasteiger partial charge in [0.05, 0.1) is 0 Å². The Morgan fingerprint density at radius 3 is 1.76 bits per heavy atom. The summed E-state index contributed by atoms with van der Waals surface area (Å²) in [6, 6.07) is 7.10.